The van der Waals surface area contributed by atoms with Gasteiger partial charge >= 0.3 is 24.8 Å². The molecule has 1 unspecified atom stereocenters. The molecule has 4 heterocycles. The van der Waals surface area contributed by atoms with Crippen LogP contribution in [0.5, 0.6) is 0 Å². The van der Waals surface area contributed by atoms with Gasteiger partial charge in [-0.25, -0.2) is 4.79 Å². The van der Waals surface area contributed by atoms with E-state index in [1.807, 2.05) is 12.1 Å². The Morgan fingerprint density at radius 2 is 1.68 bits per heavy atom. The Kier molecular flexibility index (Phi) is 22.5. The third-order valence-corrected chi connectivity index (χ3v) is 4.82. The molecule has 0 radical (unpaired) electrons. The van der Waals surface area contributed by atoms with Crippen molar-refractivity contribution in [2.45, 2.75) is 52.1 Å². The zero-order valence-electron chi connectivity index (χ0n) is 23.0. The molecule has 8 nitrogen and oxygen atoms in total. The van der Waals surface area contributed by atoms with E-state index in [1.54, 1.807) is 44.8 Å². The summed E-state index contributed by atoms with van der Waals surface area (Å²) >= 11 is 4.87. The summed E-state index contributed by atoms with van der Waals surface area (Å²) < 4.78 is 25.4. The van der Waals surface area contributed by atoms with Crippen molar-refractivity contribution in [2.24, 2.45) is 0 Å². The van der Waals surface area contributed by atoms with Gasteiger partial charge < -0.3 is 30.0 Å². The molecule has 0 amide bonds. The molecule has 0 aliphatic carbocycles. The third-order valence-electron chi connectivity index (χ3n) is 4.49. The Bertz CT molecular complexity index is 878. The summed E-state index contributed by atoms with van der Waals surface area (Å²) in [5.74, 6) is 0.441. The molecule has 0 aromatic carbocycles. The normalized spacial score (nSPS) is 16.8. The van der Waals surface area contributed by atoms with Crippen molar-refractivity contribution in [1.82, 2.24) is 0 Å². The van der Waals surface area contributed by atoms with Crippen molar-refractivity contribution in [2.75, 3.05) is 26.4 Å². The second-order valence-corrected chi connectivity index (χ2v) is 8.33. The number of unbranched alkanes of at least 4 members (excludes halogenated alkanes) is 1. The van der Waals surface area contributed by atoms with Gasteiger partial charge in [0.25, 0.3) is 0 Å². The van der Waals surface area contributed by atoms with Crippen LogP contribution in [0.4, 0.5) is 0 Å². The molecule has 0 N–H and O–H groups in total. The second kappa shape index (κ2) is 22.6. The number of furan rings is 2. The summed E-state index contributed by atoms with van der Waals surface area (Å²) in [6, 6.07) is 7.23. The minimum absolute atomic E-state index is 0. The van der Waals surface area contributed by atoms with Crippen LogP contribution < -0.4 is 18.9 Å². The van der Waals surface area contributed by atoms with Gasteiger partial charge in [-0.05, 0) is 49.7 Å². The first-order chi connectivity index (χ1) is 17.6. The van der Waals surface area contributed by atoms with Crippen LogP contribution in [0.1, 0.15) is 52.2 Å². The smallest absolute Gasteiger partial charge is 0.473 e. The summed E-state index contributed by atoms with van der Waals surface area (Å²) in [7, 11) is 0. The summed E-state index contributed by atoms with van der Waals surface area (Å²) in [5, 5.41) is -0.463. The SMILES string of the molecule is C=C(C)C(=O)Cl.C=C(C)C(=O)OC1(c2ccco2)CCOC1.O=C1CCOC1.[CH2-]CCC.[Li+].c1ccoc1. The van der Waals surface area contributed by atoms with E-state index in [4.69, 9.17) is 30.2 Å². The van der Waals surface area contributed by atoms with E-state index in [9.17, 15) is 14.4 Å². The largest absolute Gasteiger partial charge is 1.00 e. The number of hydrogen-bond acceptors (Lipinski definition) is 8. The number of allylic oxidation sites excluding steroid dienone is 1. The second-order valence-electron chi connectivity index (χ2n) is 7.99. The number of ether oxygens (including phenoxy) is 3. The van der Waals surface area contributed by atoms with Gasteiger partial charge in [-0.15, -0.1) is 0 Å². The molecule has 2 saturated heterocycles. The first-order valence-corrected chi connectivity index (χ1v) is 12.2. The maximum absolute atomic E-state index is 11.6. The summed E-state index contributed by atoms with van der Waals surface area (Å²) in [6.07, 6.45) is 8.32. The van der Waals surface area contributed by atoms with Crippen LogP contribution in [0.25, 0.3) is 0 Å². The number of carbonyl (C=O) groups is 3. The number of Topliss-reactive ketones (excluding diaryl/α,β-unsaturated/α-hetero) is 1. The Labute approximate surface area is 242 Å². The van der Waals surface area contributed by atoms with Gasteiger partial charge in [0.1, 0.15) is 12.4 Å². The topological polar surface area (TPSA) is 105 Å². The van der Waals surface area contributed by atoms with Gasteiger partial charge in [0.05, 0.1) is 38.6 Å². The number of ketones is 1. The van der Waals surface area contributed by atoms with E-state index in [0.717, 1.165) is 6.42 Å². The third kappa shape index (κ3) is 17.2. The molecule has 38 heavy (non-hydrogen) atoms. The molecule has 206 valence electrons. The molecule has 0 spiro atoms. The molecule has 0 bridgehead atoms. The van der Waals surface area contributed by atoms with Crippen LogP contribution in [0, 0.1) is 6.92 Å². The van der Waals surface area contributed by atoms with Crippen molar-refractivity contribution in [3.63, 3.8) is 0 Å². The molecular weight excluding hydrogens is 507 g/mol. The van der Waals surface area contributed by atoms with Gasteiger partial charge in [-0.3, -0.25) is 9.59 Å². The average Bonchev–Trinajstić information content (AvgIpc) is 3.68. The van der Waals surface area contributed by atoms with E-state index in [1.165, 1.54) is 6.42 Å². The molecule has 2 fully saturated rings. The van der Waals surface area contributed by atoms with Crippen molar-refractivity contribution in [3.8, 4) is 0 Å². The Hall–Kier alpha value is -2.34. The first kappa shape index (κ1) is 37.8. The number of halogens is 1. The predicted molar refractivity (Wildman–Crippen MR) is 142 cm³/mol. The molecule has 10 heteroatoms. The predicted octanol–water partition coefficient (Wildman–Crippen LogP) is 3.22. The van der Waals surface area contributed by atoms with Crippen molar-refractivity contribution in [1.29, 1.82) is 0 Å². The molecule has 2 aliphatic heterocycles. The van der Waals surface area contributed by atoms with E-state index < -0.39 is 16.8 Å². The fourth-order valence-electron chi connectivity index (χ4n) is 2.34. The quantitative estimate of drug-likeness (QED) is 0.186. The van der Waals surface area contributed by atoms with E-state index in [0.29, 0.717) is 56.2 Å². The first-order valence-electron chi connectivity index (χ1n) is 11.8. The van der Waals surface area contributed by atoms with Crippen LogP contribution in [-0.2, 0) is 34.2 Å². The average molecular weight is 545 g/mol. The summed E-state index contributed by atoms with van der Waals surface area (Å²) in [6.45, 7) is 17.6. The molecule has 1 atom stereocenters. The van der Waals surface area contributed by atoms with Crippen molar-refractivity contribution in [3.05, 3.63) is 80.0 Å². The van der Waals surface area contributed by atoms with Crippen LogP contribution in [-0.4, -0.2) is 43.4 Å². The standard InChI is InChI=1S/C12H14O4.C4H5ClO.C4H6O2.C4H4O.C4H9.Li/c1-9(2)11(13)16-12(5-7-14-8-12)10-4-3-6-15-10;1-3(2)4(5)6;5-4-1-2-6-3-4;1-2-4-5-3-1;1-3-4-2;/h3-4,6H,1,5,7-8H2,2H3;1H2,2H3;1-3H2;1-4H;1,3-4H2,2H3;/q;;;;-1;+1. The van der Waals surface area contributed by atoms with Gasteiger partial charge in [0.15, 0.2) is 11.4 Å². The number of esters is 1. The van der Waals surface area contributed by atoms with Crippen LogP contribution in [0.3, 0.4) is 0 Å². The molecule has 0 saturated carbocycles. The summed E-state index contributed by atoms with van der Waals surface area (Å²) in [4.78, 5) is 31.5. The fourth-order valence-corrected chi connectivity index (χ4v) is 2.34. The maximum Gasteiger partial charge on any atom is 1.00 e. The van der Waals surface area contributed by atoms with E-state index in [-0.39, 0.29) is 24.6 Å². The van der Waals surface area contributed by atoms with Gasteiger partial charge in [-0.2, -0.15) is 6.42 Å². The minimum atomic E-state index is -0.778. The number of hydrogen-bond donors (Lipinski definition) is 0. The Morgan fingerprint density at radius 3 is 1.95 bits per heavy atom. The minimum Gasteiger partial charge on any atom is -0.473 e. The summed E-state index contributed by atoms with van der Waals surface area (Å²) in [5.41, 5.74) is -0.0194. The number of rotatable bonds is 5. The monoisotopic (exact) mass is 544 g/mol. The maximum atomic E-state index is 11.6. The van der Waals surface area contributed by atoms with Crippen LogP contribution in [0.2, 0.25) is 0 Å². The zero-order valence-corrected chi connectivity index (χ0v) is 23.7. The molecule has 2 aliphatic rings. The van der Waals surface area contributed by atoms with Crippen molar-refractivity contribution < 1.29 is 56.3 Å². The van der Waals surface area contributed by atoms with Gasteiger partial charge in [0, 0.05) is 24.0 Å². The molecular formula is C28H38ClLiO8. The van der Waals surface area contributed by atoms with Crippen LogP contribution >= 0.6 is 11.6 Å². The molecule has 2 aromatic heterocycles. The Balaban J connectivity index is 0. The molecule has 2 aromatic rings. The van der Waals surface area contributed by atoms with Crippen LogP contribution in [0.15, 0.2) is 76.2 Å². The van der Waals surface area contributed by atoms with E-state index in [2.05, 4.69) is 31.4 Å². The van der Waals surface area contributed by atoms with E-state index >= 15 is 0 Å². The van der Waals surface area contributed by atoms with Gasteiger partial charge in [-0.1, -0.05) is 26.5 Å². The van der Waals surface area contributed by atoms with Gasteiger partial charge in [0.2, 0.25) is 5.24 Å². The number of carbonyl (C=O) groups excluding carboxylic acids is 3. The Morgan fingerprint density at radius 1 is 1.08 bits per heavy atom. The van der Waals surface area contributed by atoms with Crippen molar-refractivity contribution >= 4 is 28.6 Å². The molecule has 4 rings (SSSR count). The fraction of sp³-hybridized carbons (Fsp3) is 0.429. The zero-order chi connectivity index (χ0) is 28.1.